The maximum Gasteiger partial charge on any atom is 0.303 e. The van der Waals surface area contributed by atoms with Crippen LogP contribution in [0.15, 0.2) is 18.2 Å². The van der Waals surface area contributed by atoms with Crippen molar-refractivity contribution in [2.75, 3.05) is 0 Å². The highest BCUT2D eigenvalue weighted by molar-refractivity contribution is 5.66. The summed E-state index contributed by atoms with van der Waals surface area (Å²) < 4.78 is 0. The Balaban J connectivity index is 2.06. The third-order valence-corrected chi connectivity index (χ3v) is 3.81. The van der Waals surface area contributed by atoms with Crippen LogP contribution in [0.3, 0.4) is 0 Å². The number of rotatable bonds is 5. The van der Waals surface area contributed by atoms with Crippen LogP contribution in [0.2, 0.25) is 0 Å². The van der Waals surface area contributed by atoms with E-state index in [0.29, 0.717) is 0 Å². The maximum absolute atomic E-state index is 10.5. The van der Waals surface area contributed by atoms with Crippen molar-refractivity contribution in [3.05, 3.63) is 34.9 Å². The van der Waals surface area contributed by atoms with Crippen LogP contribution >= 0.6 is 0 Å². The molecule has 0 saturated carbocycles. The van der Waals surface area contributed by atoms with Gasteiger partial charge in [-0.25, -0.2) is 0 Å². The van der Waals surface area contributed by atoms with E-state index in [2.05, 4.69) is 6.07 Å². The van der Waals surface area contributed by atoms with Gasteiger partial charge in [0.05, 0.1) is 6.10 Å². The molecule has 0 radical (unpaired) electrons. The van der Waals surface area contributed by atoms with Gasteiger partial charge >= 0.3 is 5.97 Å². The molecule has 4 nitrogen and oxygen atoms in total. The van der Waals surface area contributed by atoms with Crippen molar-refractivity contribution in [2.24, 2.45) is 5.73 Å². The summed E-state index contributed by atoms with van der Waals surface area (Å²) in [5.41, 5.74) is 9.33. The molecule has 0 fully saturated rings. The van der Waals surface area contributed by atoms with Gasteiger partial charge in [-0.3, -0.25) is 4.79 Å². The minimum Gasteiger partial charge on any atom is -0.481 e. The molecule has 4 heteroatoms. The van der Waals surface area contributed by atoms with Crippen LogP contribution in [0.5, 0.6) is 0 Å². The van der Waals surface area contributed by atoms with Crippen LogP contribution in [-0.2, 0) is 17.6 Å². The molecule has 1 aliphatic rings. The summed E-state index contributed by atoms with van der Waals surface area (Å²) in [6, 6.07) is 5.48. The average molecular weight is 263 g/mol. The molecule has 2 unspecified atom stereocenters. The monoisotopic (exact) mass is 263 g/mol. The lowest BCUT2D eigenvalue weighted by Gasteiger charge is -2.22. The molecular formula is C15H21NO3. The molecule has 0 spiro atoms. The predicted octanol–water partition coefficient (Wildman–Crippen LogP) is 1.79. The number of benzene rings is 1. The van der Waals surface area contributed by atoms with Gasteiger partial charge in [0.2, 0.25) is 0 Å². The van der Waals surface area contributed by atoms with Crippen molar-refractivity contribution >= 4 is 5.97 Å². The SMILES string of the molecule is NC(CCC(=O)O)C(O)c1ccc2c(c1)CCCC2. The number of carboxylic acid groups (broad SMARTS) is 1. The number of fused-ring (bicyclic) bond motifs is 1. The van der Waals surface area contributed by atoms with Gasteiger partial charge in [0, 0.05) is 12.5 Å². The fourth-order valence-electron chi connectivity index (χ4n) is 2.63. The van der Waals surface area contributed by atoms with Crippen LogP contribution in [0.4, 0.5) is 0 Å². The zero-order chi connectivity index (χ0) is 13.8. The highest BCUT2D eigenvalue weighted by Gasteiger charge is 2.19. The van der Waals surface area contributed by atoms with Crippen LogP contribution in [0.25, 0.3) is 0 Å². The van der Waals surface area contributed by atoms with E-state index in [1.807, 2.05) is 12.1 Å². The molecule has 0 aromatic heterocycles. The Bertz CT molecular complexity index is 459. The zero-order valence-corrected chi connectivity index (χ0v) is 11.0. The van der Waals surface area contributed by atoms with Crippen molar-refractivity contribution < 1.29 is 15.0 Å². The van der Waals surface area contributed by atoms with Gasteiger partial charge in [-0.2, -0.15) is 0 Å². The van der Waals surface area contributed by atoms with E-state index in [-0.39, 0.29) is 12.8 Å². The molecule has 2 rings (SSSR count). The van der Waals surface area contributed by atoms with Crippen molar-refractivity contribution in [3.8, 4) is 0 Å². The molecule has 4 N–H and O–H groups in total. The fourth-order valence-corrected chi connectivity index (χ4v) is 2.63. The van der Waals surface area contributed by atoms with Gasteiger partial charge in [0.25, 0.3) is 0 Å². The van der Waals surface area contributed by atoms with Gasteiger partial charge in [-0.05, 0) is 48.8 Å². The van der Waals surface area contributed by atoms with Crippen LogP contribution in [0, 0.1) is 0 Å². The molecule has 104 valence electrons. The van der Waals surface area contributed by atoms with E-state index in [1.54, 1.807) is 0 Å². The Morgan fingerprint density at radius 2 is 1.95 bits per heavy atom. The maximum atomic E-state index is 10.5. The normalized spacial score (nSPS) is 17.6. The first kappa shape index (κ1) is 14.0. The molecule has 2 atom stereocenters. The Morgan fingerprint density at radius 3 is 2.63 bits per heavy atom. The highest BCUT2D eigenvalue weighted by atomic mass is 16.4. The standard InChI is InChI=1S/C15H21NO3/c16-13(7-8-14(17)18)15(19)12-6-5-10-3-1-2-4-11(10)9-12/h5-6,9,13,15,19H,1-4,7-8,16H2,(H,17,18). The summed E-state index contributed by atoms with van der Waals surface area (Å²) in [5.74, 6) is -0.881. The van der Waals surface area contributed by atoms with Crippen LogP contribution in [-0.4, -0.2) is 22.2 Å². The summed E-state index contributed by atoms with van der Waals surface area (Å²) in [4.78, 5) is 10.5. The number of hydrogen-bond acceptors (Lipinski definition) is 3. The summed E-state index contributed by atoms with van der Waals surface area (Å²) in [5, 5.41) is 18.8. The summed E-state index contributed by atoms with van der Waals surface area (Å²) >= 11 is 0. The average Bonchev–Trinajstić information content (AvgIpc) is 2.43. The van der Waals surface area contributed by atoms with Gasteiger partial charge < -0.3 is 15.9 Å². The molecule has 0 amide bonds. The second kappa shape index (κ2) is 6.17. The Kier molecular flexibility index (Phi) is 4.56. The van der Waals surface area contributed by atoms with E-state index < -0.39 is 18.1 Å². The molecule has 0 bridgehead atoms. The molecule has 1 aromatic rings. The van der Waals surface area contributed by atoms with Crippen molar-refractivity contribution in [1.29, 1.82) is 0 Å². The number of aliphatic hydroxyl groups is 1. The highest BCUT2D eigenvalue weighted by Crippen LogP contribution is 2.26. The van der Waals surface area contributed by atoms with Gasteiger partial charge in [0.1, 0.15) is 0 Å². The van der Waals surface area contributed by atoms with Crippen LogP contribution < -0.4 is 5.73 Å². The van der Waals surface area contributed by atoms with E-state index in [1.165, 1.54) is 24.0 Å². The number of carboxylic acids is 1. The van der Waals surface area contributed by atoms with E-state index in [9.17, 15) is 9.90 Å². The molecule has 0 saturated heterocycles. The van der Waals surface area contributed by atoms with Crippen molar-refractivity contribution in [3.63, 3.8) is 0 Å². The summed E-state index contributed by atoms with van der Waals surface area (Å²) in [6.07, 6.45) is 4.07. The number of aryl methyl sites for hydroxylation is 2. The minimum atomic E-state index is -0.881. The number of aliphatic carboxylic acids is 1. The zero-order valence-electron chi connectivity index (χ0n) is 11.0. The molecule has 1 aliphatic carbocycles. The lowest BCUT2D eigenvalue weighted by molar-refractivity contribution is -0.137. The fraction of sp³-hybridized carbons (Fsp3) is 0.533. The van der Waals surface area contributed by atoms with Crippen molar-refractivity contribution in [2.45, 2.75) is 50.7 Å². The van der Waals surface area contributed by atoms with E-state index in [0.717, 1.165) is 18.4 Å². The topological polar surface area (TPSA) is 83.6 Å². The number of carbonyl (C=O) groups is 1. The Labute approximate surface area is 113 Å². The molecule has 0 heterocycles. The van der Waals surface area contributed by atoms with Crippen LogP contribution in [0.1, 0.15) is 48.5 Å². The van der Waals surface area contributed by atoms with E-state index >= 15 is 0 Å². The molecule has 0 aliphatic heterocycles. The quantitative estimate of drug-likeness (QED) is 0.756. The Morgan fingerprint density at radius 1 is 1.26 bits per heavy atom. The lowest BCUT2D eigenvalue weighted by Crippen LogP contribution is -2.29. The van der Waals surface area contributed by atoms with E-state index in [4.69, 9.17) is 10.8 Å². The minimum absolute atomic E-state index is 0.0107. The summed E-state index contributed by atoms with van der Waals surface area (Å²) in [6.45, 7) is 0. The molecule has 1 aromatic carbocycles. The second-order valence-electron chi connectivity index (χ2n) is 5.28. The predicted molar refractivity (Wildman–Crippen MR) is 72.9 cm³/mol. The molecular weight excluding hydrogens is 242 g/mol. The molecule has 19 heavy (non-hydrogen) atoms. The first-order chi connectivity index (χ1) is 9.08. The smallest absolute Gasteiger partial charge is 0.303 e. The largest absolute Gasteiger partial charge is 0.481 e. The number of hydrogen-bond donors (Lipinski definition) is 3. The lowest BCUT2D eigenvalue weighted by atomic mass is 9.88. The van der Waals surface area contributed by atoms with Crippen molar-refractivity contribution in [1.82, 2.24) is 0 Å². The second-order valence-corrected chi connectivity index (χ2v) is 5.28. The van der Waals surface area contributed by atoms with Gasteiger partial charge in [-0.1, -0.05) is 18.2 Å². The Hall–Kier alpha value is -1.39. The van der Waals surface area contributed by atoms with Gasteiger partial charge in [-0.15, -0.1) is 0 Å². The first-order valence-electron chi connectivity index (χ1n) is 6.85. The number of nitrogens with two attached hydrogens (primary N) is 1. The van der Waals surface area contributed by atoms with Gasteiger partial charge in [0.15, 0.2) is 0 Å². The number of aliphatic hydroxyl groups excluding tert-OH is 1. The third kappa shape index (κ3) is 3.55. The summed E-state index contributed by atoms with van der Waals surface area (Å²) in [7, 11) is 0. The first-order valence-corrected chi connectivity index (χ1v) is 6.85. The third-order valence-electron chi connectivity index (χ3n) is 3.81.